The van der Waals surface area contributed by atoms with Crippen LogP contribution in [-0.2, 0) is 90.3 Å². The second-order valence-electron chi connectivity index (χ2n) is 33.3. The van der Waals surface area contributed by atoms with E-state index in [1.165, 1.54) is 39.8 Å². The van der Waals surface area contributed by atoms with Crippen LogP contribution in [0.1, 0.15) is 171 Å². The van der Waals surface area contributed by atoms with Crippen LogP contribution >= 0.6 is 0 Å². The van der Waals surface area contributed by atoms with Gasteiger partial charge < -0.3 is 92.1 Å². The molecule has 10 aliphatic rings. The van der Waals surface area contributed by atoms with Crippen LogP contribution in [0, 0.1) is 39.4 Å². The zero-order valence-corrected chi connectivity index (χ0v) is 64.0. The molecule has 27 heteroatoms. The molecule has 12 rings (SSSR count). The van der Waals surface area contributed by atoms with Gasteiger partial charge in [-0.15, -0.1) is 0 Å². The molecule has 4 saturated heterocycles. The minimum Gasteiger partial charge on any atom is -0.456 e. The van der Waals surface area contributed by atoms with Gasteiger partial charge in [-0.3, -0.25) is 19.2 Å². The van der Waals surface area contributed by atoms with E-state index in [0.717, 1.165) is 0 Å². The van der Waals surface area contributed by atoms with Crippen LogP contribution in [0.2, 0.25) is 0 Å². The van der Waals surface area contributed by atoms with E-state index in [1.54, 1.807) is 123 Å². The highest BCUT2D eigenvalue weighted by atomic mass is 16.7. The molecular formula is C80H105NO26. The Labute approximate surface area is 623 Å². The number of hydrogen-bond acceptors (Lipinski definition) is 26. The van der Waals surface area contributed by atoms with Crippen LogP contribution in [0.15, 0.2) is 108 Å². The Morgan fingerprint density at radius 3 is 1.36 bits per heavy atom. The number of amides is 1. The third-order valence-corrected chi connectivity index (χ3v) is 24.6. The average Bonchev–Trinajstić information content (AvgIpc) is 0.670. The molecular weight excluding hydrogens is 1390 g/mol. The quantitative estimate of drug-likeness (QED) is 0.0605. The highest BCUT2D eigenvalue weighted by Gasteiger charge is 2.82. The van der Waals surface area contributed by atoms with Crippen LogP contribution in [0.4, 0.5) is 4.79 Å². The number of nitrogens with one attached hydrogen (secondary N) is 1. The Balaban J connectivity index is 0.000000224. The first kappa shape index (κ1) is 80.6. The lowest BCUT2D eigenvalue weighted by atomic mass is 9.44. The molecule has 2 aromatic carbocycles. The van der Waals surface area contributed by atoms with Gasteiger partial charge in [0.2, 0.25) is 0 Å². The highest BCUT2D eigenvalue weighted by molar-refractivity contribution is 5.90. The number of aliphatic hydroxyl groups excluding tert-OH is 2. The van der Waals surface area contributed by atoms with E-state index in [4.69, 9.17) is 66.3 Å². The number of alkyl carbamates (subject to hydrolysis) is 1. The summed E-state index contributed by atoms with van der Waals surface area (Å²) in [6.45, 7) is 35.5. The molecule has 4 bridgehead atoms. The summed E-state index contributed by atoms with van der Waals surface area (Å²) in [6.07, 6.45) is -14.7. The van der Waals surface area contributed by atoms with Crippen molar-refractivity contribution in [3.63, 3.8) is 0 Å². The predicted octanol–water partition coefficient (Wildman–Crippen LogP) is 7.89. The zero-order chi connectivity index (χ0) is 78.6. The Hall–Kier alpha value is -7.44. The van der Waals surface area contributed by atoms with Crippen molar-refractivity contribution < 1.29 is 125 Å². The first-order valence-corrected chi connectivity index (χ1v) is 36.7. The van der Waals surface area contributed by atoms with Crippen LogP contribution in [-0.4, -0.2) is 207 Å². The summed E-state index contributed by atoms with van der Waals surface area (Å²) in [5.41, 5.74) is -11.2. The zero-order valence-electron chi connectivity index (χ0n) is 64.0. The number of rotatable bonds is 16. The lowest BCUT2D eigenvalue weighted by Crippen LogP contribution is -2.83. The Bertz CT molecular complexity index is 3880. The number of carbonyl (C=O) groups is 8. The molecule has 2 unspecified atom stereocenters. The van der Waals surface area contributed by atoms with Gasteiger partial charge in [0.15, 0.2) is 42.1 Å². The van der Waals surface area contributed by atoms with Gasteiger partial charge in [-0.25, -0.2) is 19.2 Å². The molecule has 0 aromatic heterocycles. The molecule has 5 N–H and O–H groups in total. The lowest BCUT2D eigenvalue weighted by molar-refractivity contribution is -0.405. The largest absolute Gasteiger partial charge is 0.456 e. The molecule has 6 aliphatic carbocycles. The predicted molar refractivity (Wildman–Crippen MR) is 377 cm³/mol. The van der Waals surface area contributed by atoms with Crippen molar-refractivity contribution >= 4 is 47.9 Å². The first-order valence-electron chi connectivity index (χ1n) is 36.7. The van der Waals surface area contributed by atoms with Crippen molar-refractivity contribution in [1.29, 1.82) is 0 Å². The normalized spacial score (nSPS) is 38.6. The molecule has 8 fully saturated rings. The van der Waals surface area contributed by atoms with Crippen LogP contribution in [0.25, 0.3) is 0 Å². The van der Waals surface area contributed by atoms with E-state index in [0.29, 0.717) is 22.3 Å². The summed E-state index contributed by atoms with van der Waals surface area (Å²) in [5, 5.41) is 52.8. The first-order chi connectivity index (χ1) is 49.9. The highest BCUT2D eigenvalue weighted by Crippen LogP contribution is 2.70. The number of aliphatic hydroxyl groups is 4. The van der Waals surface area contributed by atoms with Gasteiger partial charge in [-0.05, 0) is 106 Å². The van der Waals surface area contributed by atoms with Crippen molar-refractivity contribution in [2.45, 2.75) is 276 Å². The van der Waals surface area contributed by atoms with E-state index in [-0.39, 0.29) is 55.9 Å². The number of hydrogen-bond donors (Lipinski definition) is 5. The molecule has 0 spiro atoms. The second-order valence-corrected chi connectivity index (χ2v) is 33.3. The summed E-state index contributed by atoms with van der Waals surface area (Å²) in [7, 11) is 0. The topological polar surface area (TPSA) is 359 Å². The molecule has 4 saturated carbocycles. The molecule has 27 nitrogen and oxygen atoms in total. The third kappa shape index (κ3) is 13.6. The van der Waals surface area contributed by atoms with Gasteiger partial charge in [0.1, 0.15) is 59.5 Å². The Morgan fingerprint density at radius 2 is 1.00 bits per heavy atom. The number of fused-ring (bicyclic) bond motifs is 8. The summed E-state index contributed by atoms with van der Waals surface area (Å²) >= 11 is 0. The fourth-order valence-electron chi connectivity index (χ4n) is 19.7. The number of esters is 7. The van der Waals surface area contributed by atoms with Crippen LogP contribution < -0.4 is 5.32 Å². The summed E-state index contributed by atoms with van der Waals surface area (Å²) in [6, 6.07) is 15.4. The average molecular weight is 1500 g/mol. The standard InChI is InChI=1S/C46H63NO15.C34H42O11/c1-13-32-58-30-20-31-45(22-55-31,61-26(6)49)36-38(60-39(51)27-17-15-14-16-18-27)46(54)21-29(57-40(52)34(50)28(19-23(2)3)47-41(53)62-42(7,8)9)24(4)33(43(46,10)11)35(56-25(5)48)37(59-32)44(30,36)12;1-8-24-42-22-14-23-33(16-40-23,45-19(4)36)27-29(44-30(38)20-12-10-9-11-13-20)34(39)15-21(37)17(2)25(31(34,5)6)26(41-18(3)35)28(43-24)32(22,27)7/h13-18,23,28-32,34-38,50,54H,1,19-22H2,2-12H3,(H,47,53);8-13,21-24,26-29,37,39H,1,14-16H2,2-7H3/t28-,29-,30-,31+,32?,34+,35-,36-,37-,38-,44+,45-,46+;21-,22-,23+,24?,26-,27-,28-,29-,32+,33-,34+/m00/s1. The van der Waals surface area contributed by atoms with Gasteiger partial charge in [0.05, 0.1) is 60.5 Å². The van der Waals surface area contributed by atoms with Crippen molar-refractivity contribution in [1.82, 2.24) is 5.32 Å². The van der Waals surface area contributed by atoms with E-state index in [9.17, 15) is 58.8 Å². The Kier molecular flexibility index (Phi) is 21.9. The molecule has 4 heterocycles. The maximum atomic E-state index is 14.4. The van der Waals surface area contributed by atoms with Crippen molar-refractivity contribution in [2.75, 3.05) is 13.2 Å². The molecule has 2 aromatic rings. The summed E-state index contributed by atoms with van der Waals surface area (Å²) in [5.74, 6) is -7.46. The SMILES string of the molecule is C=CC1O[C@H]2C[C@H]3OC[C@@]3(OC(C)=O)[C@H]3[C@H](OC(=O)c4ccccc4)[C@]4(O)C[C@H](O)C(C)=C([C@H](OC(C)=O)[C@H](O1)[C@]23C)C4(C)C.C=CC1O[C@H]2C[C@H]3OC[C@@]3(OC(C)=O)[C@H]3[C@H](OC(=O)c4ccccc4)[C@]4(O)C[C@H](OC(=O)[C@H](O)[C@H](CC(C)C)NC(=O)OC(C)(C)C)C(C)=C([C@H](OC(C)=O)[C@H](O1)[C@]23C)C4(C)C. The maximum absolute atomic E-state index is 14.4. The summed E-state index contributed by atoms with van der Waals surface area (Å²) < 4.78 is 88.0. The number of benzene rings is 2. The molecule has 24 atom stereocenters. The fraction of sp³-hybridized carbons (Fsp3) is 0.650. The monoisotopic (exact) mass is 1500 g/mol. The van der Waals surface area contributed by atoms with Crippen LogP contribution in [0.3, 0.4) is 0 Å². The molecule has 4 aliphatic heterocycles. The van der Waals surface area contributed by atoms with E-state index < -0.39 is 214 Å². The van der Waals surface area contributed by atoms with Gasteiger partial charge in [-0.1, -0.05) is 105 Å². The van der Waals surface area contributed by atoms with E-state index in [1.807, 2.05) is 27.7 Å². The third-order valence-electron chi connectivity index (χ3n) is 24.6. The van der Waals surface area contributed by atoms with E-state index in [2.05, 4.69) is 18.5 Å². The van der Waals surface area contributed by atoms with Crippen molar-refractivity contribution in [2.24, 2.45) is 39.4 Å². The summed E-state index contributed by atoms with van der Waals surface area (Å²) in [4.78, 5) is 108. The van der Waals surface area contributed by atoms with Gasteiger partial charge in [-0.2, -0.15) is 0 Å². The van der Waals surface area contributed by atoms with Gasteiger partial charge in [0.25, 0.3) is 0 Å². The maximum Gasteiger partial charge on any atom is 0.407 e. The molecule has 107 heavy (non-hydrogen) atoms. The number of ether oxygens (including phenoxy) is 14. The number of carbonyl (C=O) groups excluding carboxylic acids is 8. The van der Waals surface area contributed by atoms with E-state index >= 15 is 0 Å². The Morgan fingerprint density at radius 1 is 0.589 bits per heavy atom. The van der Waals surface area contributed by atoms with Crippen molar-refractivity contribution in [3.05, 3.63) is 119 Å². The smallest absolute Gasteiger partial charge is 0.407 e. The minimum absolute atomic E-state index is 0.0414. The lowest BCUT2D eigenvalue weighted by Gasteiger charge is -2.71. The fourth-order valence-corrected chi connectivity index (χ4v) is 19.7. The van der Waals surface area contributed by atoms with Crippen LogP contribution in [0.5, 0.6) is 0 Å². The molecule has 1 amide bonds. The molecule has 586 valence electrons. The van der Waals surface area contributed by atoms with Gasteiger partial charge in [0, 0.05) is 75.0 Å². The van der Waals surface area contributed by atoms with Crippen molar-refractivity contribution in [3.8, 4) is 0 Å². The minimum atomic E-state index is -2.23. The second kappa shape index (κ2) is 29.1. The van der Waals surface area contributed by atoms with Gasteiger partial charge >= 0.3 is 47.9 Å². The molecule has 0 radical (unpaired) electrons.